The van der Waals surface area contributed by atoms with Gasteiger partial charge in [-0.05, 0) is 29.6 Å². The Morgan fingerprint density at radius 1 is 0.370 bits per heavy atom. The SMILES string of the molecule is CCCCCC(C)CCC(C)CCCC(C)CCCC(C)CCCC(C)C. The Morgan fingerprint density at radius 3 is 1.07 bits per heavy atom. The highest BCUT2D eigenvalue weighted by molar-refractivity contribution is 4.62. The lowest BCUT2D eigenvalue weighted by atomic mass is 9.89. The Labute approximate surface area is 174 Å². The Kier molecular flexibility index (Phi) is 18.1. The molecule has 0 fully saturated rings. The van der Waals surface area contributed by atoms with Crippen molar-refractivity contribution in [2.24, 2.45) is 29.6 Å². The molecule has 0 spiro atoms. The van der Waals surface area contributed by atoms with E-state index < -0.39 is 0 Å². The molecule has 0 aromatic heterocycles. The minimum Gasteiger partial charge on any atom is -0.0654 e. The van der Waals surface area contributed by atoms with Gasteiger partial charge in [-0.3, -0.25) is 0 Å². The minimum atomic E-state index is 0.879. The van der Waals surface area contributed by atoms with Gasteiger partial charge in [0, 0.05) is 0 Å². The monoisotopic (exact) mass is 380 g/mol. The van der Waals surface area contributed by atoms with Crippen LogP contribution in [0.25, 0.3) is 0 Å². The topological polar surface area (TPSA) is 0 Å². The van der Waals surface area contributed by atoms with Crippen molar-refractivity contribution < 1.29 is 0 Å². The molecule has 0 radical (unpaired) electrons. The predicted octanol–water partition coefficient (Wildman–Crippen LogP) is 10.1. The third-order valence-electron chi connectivity index (χ3n) is 6.72. The molecule has 0 bridgehead atoms. The first-order valence-corrected chi connectivity index (χ1v) is 12.8. The zero-order valence-electron chi connectivity index (χ0n) is 20.5. The Hall–Kier alpha value is 0. The zero-order chi connectivity index (χ0) is 20.5. The van der Waals surface area contributed by atoms with Crippen molar-refractivity contribution in [3.63, 3.8) is 0 Å². The third kappa shape index (κ3) is 19.1. The number of unbranched alkanes of at least 4 members (excludes halogenated alkanes) is 2. The number of hydrogen-bond donors (Lipinski definition) is 0. The average molecular weight is 381 g/mol. The highest BCUT2D eigenvalue weighted by atomic mass is 14.2. The minimum absolute atomic E-state index is 0.879. The van der Waals surface area contributed by atoms with Crippen LogP contribution < -0.4 is 0 Å². The van der Waals surface area contributed by atoms with Crippen molar-refractivity contribution in [3.8, 4) is 0 Å². The molecule has 0 heterocycles. The van der Waals surface area contributed by atoms with Crippen LogP contribution in [0.1, 0.15) is 145 Å². The summed E-state index contributed by atoms with van der Waals surface area (Å²) in [6.07, 6.45) is 21.6. The summed E-state index contributed by atoms with van der Waals surface area (Å²) in [6, 6.07) is 0. The third-order valence-corrected chi connectivity index (χ3v) is 6.72. The molecule has 27 heavy (non-hydrogen) atoms. The van der Waals surface area contributed by atoms with E-state index in [-0.39, 0.29) is 0 Å². The summed E-state index contributed by atoms with van der Waals surface area (Å²) in [5.74, 6) is 4.64. The van der Waals surface area contributed by atoms with Gasteiger partial charge in [-0.2, -0.15) is 0 Å². The molecule has 0 aromatic carbocycles. The molecule has 0 aromatic rings. The lowest BCUT2D eigenvalue weighted by Gasteiger charge is -2.17. The maximum atomic E-state index is 2.49. The molecule has 164 valence electrons. The lowest BCUT2D eigenvalue weighted by molar-refractivity contribution is 0.356. The van der Waals surface area contributed by atoms with Crippen LogP contribution in [0.5, 0.6) is 0 Å². The summed E-state index contributed by atoms with van der Waals surface area (Å²) < 4.78 is 0. The molecule has 0 saturated carbocycles. The van der Waals surface area contributed by atoms with Crippen molar-refractivity contribution >= 4 is 0 Å². The van der Waals surface area contributed by atoms with E-state index in [1.54, 1.807) is 0 Å². The average Bonchev–Trinajstić information content (AvgIpc) is 2.60. The predicted molar refractivity (Wildman–Crippen MR) is 126 cm³/mol. The fourth-order valence-electron chi connectivity index (χ4n) is 4.39. The van der Waals surface area contributed by atoms with E-state index in [1.165, 1.54) is 96.3 Å². The highest BCUT2D eigenvalue weighted by Crippen LogP contribution is 2.24. The van der Waals surface area contributed by atoms with Crippen LogP contribution in [-0.4, -0.2) is 0 Å². The normalized spacial score (nSPS) is 16.4. The first kappa shape index (κ1) is 27.0. The Morgan fingerprint density at radius 2 is 0.704 bits per heavy atom. The molecule has 0 aliphatic rings. The Balaban J connectivity index is 3.57. The largest absolute Gasteiger partial charge is 0.0654 e. The van der Waals surface area contributed by atoms with Gasteiger partial charge < -0.3 is 0 Å². The molecular formula is C27H56. The maximum absolute atomic E-state index is 2.49. The molecule has 0 aliphatic carbocycles. The van der Waals surface area contributed by atoms with Gasteiger partial charge in [0.2, 0.25) is 0 Å². The van der Waals surface area contributed by atoms with Gasteiger partial charge in [0.15, 0.2) is 0 Å². The van der Waals surface area contributed by atoms with Gasteiger partial charge in [-0.25, -0.2) is 0 Å². The smallest absolute Gasteiger partial charge is 0.0443 e. The molecule has 0 heteroatoms. The molecule has 0 nitrogen and oxygen atoms in total. The Bertz CT molecular complexity index is 292. The van der Waals surface area contributed by atoms with Crippen LogP contribution in [0.2, 0.25) is 0 Å². The van der Waals surface area contributed by atoms with Gasteiger partial charge in [-0.15, -0.1) is 0 Å². The molecule has 0 rings (SSSR count). The van der Waals surface area contributed by atoms with Crippen molar-refractivity contribution in [2.45, 2.75) is 145 Å². The van der Waals surface area contributed by atoms with E-state index in [2.05, 4.69) is 48.5 Å². The summed E-state index contributed by atoms with van der Waals surface area (Å²) in [6.45, 7) is 16.9. The summed E-state index contributed by atoms with van der Waals surface area (Å²) >= 11 is 0. The van der Waals surface area contributed by atoms with Crippen molar-refractivity contribution in [1.82, 2.24) is 0 Å². The van der Waals surface area contributed by atoms with Gasteiger partial charge in [0.25, 0.3) is 0 Å². The molecule has 0 saturated heterocycles. The van der Waals surface area contributed by atoms with Gasteiger partial charge in [-0.1, -0.05) is 145 Å². The lowest BCUT2D eigenvalue weighted by Crippen LogP contribution is -2.03. The van der Waals surface area contributed by atoms with Crippen LogP contribution in [0.4, 0.5) is 0 Å². The number of hydrogen-bond acceptors (Lipinski definition) is 0. The molecule has 0 amide bonds. The van der Waals surface area contributed by atoms with Crippen LogP contribution in [-0.2, 0) is 0 Å². The van der Waals surface area contributed by atoms with Gasteiger partial charge in [0.05, 0.1) is 0 Å². The summed E-state index contributed by atoms with van der Waals surface area (Å²) in [7, 11) is 0. The van der Waals surface area contributed by atoms with E-state index in [0.717, 1.165) is 29.6 Å². The van der Waals surface area contributed by atoms with Crippen LogP contribution >= 0.6 is 0 Å². The van der Waals surface area contributed by atoms with E-state index in [1.807, 2.05) is 0 Å². The highest BCUT2D eigenvalue weighted by Gasteiger charge is 2.09. The quantitative estimate of drug-likeness (QED) is 0.195. The number of rotatable bonds is 19. The van der Waals surface area contributed by atoms with Gasteiger partial charge >= 0.3 is 0 Å². The molecule has 4 unspecified atom stereocenters. The van der Waals surface area contributed by atoms with Crippen molar-refractivity contribution in [3.05, 3.63) is 0 Å². The van der Waals surface area contributed by atoms with Crippen LogP contribution in [0.15, 0.2) is 0 Å². The molecular weight excluding hydrogens is 324 g/mol. The molecule has 0 aliphatic heterocycles. The van der Waals surface area contributed by atoms with Crippen molar-refractivity contribution in [1.29, 1.82) is 0 Å². The molecule has 0 N–H and O–H groups in total. The van der Waals surface area contributed by atoms with Crippen LogP contribution in [0, 0.1) is 29.6 Å². The van der Waals surface area contributed by atoms with Crippen molar-refractivity contribution in [2.75, 3.05) is 0 Å². The summed E-state index contributed by atoms with van der Waals surface area (Å²) in [5, 5.41) is 0. The molecule has 4 atom stereocenters. The first-order valence-electron chi connectivity index (χ1n) is 12.8. The second-order valence-electron chi connectivity index (χ2n) is 10.7. The fourth-order valence-corrected chi connectivity index (χ4v) is 4.39. The second-order valence-corrected chi connectivity index (χ2v) is 10.7. The van der Waals surface area contributed by atoms with E-state index in [9.17, 15) is 0 Å². The maximum Gasteiger partial charge on any atom is -0.0443 e. The second kappa shape index (κ2) is 18.1. The standard InChI is InChI=1S/C27H56/c1-8-9-10-15-26(6)21-22-27(7)20-13-19-25(5)18-12-17-24(4)16-11-14-23(2)3/h23-27H,8-22H2,1-7H3. The van der Waals surface area contributed by atoms with Gasteiger partial charge in [0.1, 0.15) is 0 Å². The fraction of sp³-hybridized carbons (Fsp3) is 1.00. The first-order chi connectivity index (χ1) is 12.8. The van der Waals surface area contributed by atoms with Crippen LogP contribution in [0.3, 0.4) is 0 Å². The summed E-state index contributed by atoms with van der Waals surface area (Å²) in [4.78, 5) is 0. The van der Waals surface area contributed by atoms with E-state index in [4.69, 9.17) is 0 Å². The summed E-state index contributed by atoms with van der Waals surface area (Å²) in [5.41, 5.74) is 0. The zero-order valence-corrected chi connectivity index (χ0v) is 20.5. The van der Waals surface area contributed by atoms with E-state index >= 15 is 0 Å². The van der Waals surface area contributed by atoms with E-state index in [0.29, 0.717) is 0 Å².